The average molecular weight is 576 g/mol. The van der Waals surface area contributed by atoms with Crippen molar-refractivity contribution in [3.05, 3.63) is 59.0 Å². The molecule has 5 rings (SSSR count). The number of ether oxygens (including phenoxy) is 1. The van der Waals surface area contributed by atoms with Gasteiger partial charge in [-0.1, -0.05) is 12.1 Å². The van der Waals surface area contributed by atoms with E-state index in [1.807, 2.05) is 0 Å². The van der Waals surface area contributed by atoms with Gasteiger partial charge in [0.25, 0.3) is 0 Å². The molecule has 0 amide bonds. The Kier molecular flexibility index (Phi) is 6.86. The van der Waals surface area contributed by atoms with Gasteiger partial charge in [-0.2, -0.15) is 30.7 Å². The topological polar surface area (TPSA) is 79.5 Å². The Bertz CT molecular complexity index is 1410. The maximum atomic E-state index is 14.8. The minimum Gasteiger partial charge on any atom is -0.492 e. The maximum absolute atomic E-state index is 14.8. The molecular formula is C27H28F7N3O3. The standard InChI is InChI=1S/C27H28F7N3O3/c1-14-9-25(39,15-4-3-5-16(6-15)26(29,30)31)10-17(35-14)13-40-19-7-20-22(21(8-19)27(32,33)34)37(36-23(20)28)18-11-24(2,38)12-18/h3-8,14,17-18,35,38-39H,9-13H2,1-2H3/t14-,17-,18?,24?,25-/m0/s1. The molecule has 40 heavy (non-hydrogen) atoms. The van der Waals surface area contributed by atoms with Crippen molar-refractivity contribution in [3.8, 4) is 5.75 Å². The summed E-state index contributed by atoms with van der Waals surface area (Å²) < 4.78 is 103. The van der Waals surface area contributed by atoms with Crippen molar-refractivity contribution in [3.63, 3.8) is 0 Å². The summed E-state index contributed by atoms with van der Waals surface area (Å²) in [4.78, 5) is 0. The summed E-state index contributed by atoms with van der Waals surface area (Å²) in [7, 11) is 0. The summed E-state index contributed by atoms with van der Waals surface area (Å²) >= 11 is 0. The lowest BCUT2D eigenvalue weighted by atomic mass is 9.77. The van der Waals surface area contributed by atoms with E-state index in [2.05, 4.69) is 10.4 Å². The predicted molar refractivity (Wildman–Crippen MR) is 130 cm³/mol. The Morgan fingerprint density at radius 2 is 1.73 bits per heavy atom. The van der Waals surface area contributed by atoms with Crippen LogP contribution in [0.15, 0.2) is 36.4 Å². The fourth-order valence-electron chi connectivity index (χ4n) is 5.94. The van der Waals surface area contributed by atoms with Gasteiger partial charge in [0, 0.05) is 12.1 Å². The number of aliphatic hydroxyl groups is 2. The quantitative estimate of drug-likeness (QED) is 0.340. The van der Waals surface area contributed by atoms with E-state index in [1.165, 1.54) is 19.1 Å². The molecule has 3 aromatic rings. The normalized spacial score (nSPS) is 29.4. The Balaban J connectivity index is 1.40. The summed E-state index contributed by atoms with van der Waals surface area (Å²) in [5.74, 6) is -1.39. The summed E-state index contributed by atoms with van der Waals surface area (Å²) in [5.41, 5.74) is -5.13. The molecule has 2 aliphatic rings. The SMILES string of the molecule is C[C@H]1C[C@@](O)(c2cccc(C(F)(F)F)c2)C[C@@H](COc2cc(C(F)(F)F)c3c(c2)c(F)nn3C2CC(C)(O)C2)N1. The van der Waals surface area contributed by atoms with Gasteiger partial charge in [0.05, 0.1) is 39.3 Å². The molecule has 13 heteroatoms. The summed E-state index contributed by atoms with van der Waals surface area (Å²) in [5, 5.41) is 27.8. The number of hydrogen-bond donors (Lipinski definition) is 3. The lowest BCUT2D eigenvalue weighted by molar-refractivity contribution is -0.138. The smallest absolute Gasteiger partial charge is 0.418 e. The molecular weight excluding hydrogens is 547 g/mol. The van der Waals surface area contributed by atoms with Crippen LogP contribution in [0.25, 0.3) is 10.9 Å². The highest BCUT2D eigenvalue weighted by Crippen LogP contribution is 2.46. The molecule has 1 aliphatic heterocycles. The minimum atomic E-state index is -4.87. The van der Waals surface area contributed by atoms with Crippen LogP contribution in [0.5, 0.6) is 5.75 Å². The van der Waals surface area contributed by atoms with Crippen molar-refractivity contribution in [2.45, 2.75) is 81.2 Å². The Morgan fingerprint density at radius 3 is 2.35 bits per heavy atom. The third-order valence-corrected chi connectivity index (χ3v) is 7.66. The molecule has 0 unspecified atom stereocenters. The third-order valence-electron chi connectivity index (χ3n) is 7.66. The fourth-order valence-corrected chi connectivity index (χ4v) is 5.94. The van der Waals surface area contributed by atoms with Crippen molar-refractivity contribution in [1.29, 1.82) is 0 Å². The molecule has 1 aromatic heterocycles. The highest BCUT2D eigenvalue weighted by Gasteiger charge is 2.44. The van der Waals surface area contributed by atoms with Crippen LogP contribution in [0.3, 0.4) is 0 Å². The number of aromatic nitrogens is 2. The zero-order chi connectivity index (χ0) is 29.3. The molecule has 218 valence electrons. The van der Waals surface area contributed by atoms with Gasteiger partial charge in [0.1, 0.15) is 12.4 Å². The molecule has 0 radical (unpaired) electrons. The Labute approximate surface area is 224 Å². The van der Waals surface area contributed by atoms with Crippen LogP contribution in [0.4, 0.5) is 30.7 Å². The highest BCUT2D eigenvalue weighted by molar-refractivity contribution is 5.85. The molecule has 0 bridgehead atoms. The molecule has 1 saturated carbocycles. The van der Waals surface area contributed by atoms with Crippen molar-refractivity contribution >= 4 is 10.9 Å². The molecule has 1 aliphatic carbocycles. The van der Waals surface area contributed by atoms with Crippen LogP contribution in [0.1, 0.15) is 62.3 Å². The van der Waals surface area contributed by atoms with Crippen LogP contribution < -0.4 is 10.1 Å². The first-order chi connectivity index (χ1) is 18.5. The zero-order valence-electron chi connectivity index (χ0n) is 21.6. The lowest BCUT2D eigenvalue weighted by Crippen LogP contribution is -2.53. The van der Waals surface area contributed by atoms with Gasteiger partial charge in [0.15, 0.2) is 0 Å². The largest absolute Gasteiger partial charge is 0.492 e. The highest BCUT2D eigenvalue weighted by atomic mass is 19.4. The van der Waals surface area contributed by atoms with Crippen LogP contribution in [0.2, 0.25) is 0 Å². The molecule has 2 heterocycles. The van der Waals surface area contributed by atoms with Crippen LogP contribution in [0, 0.1) is 5.95 Å². The number of rotatable bonds is 5. The van der Waals surface area contributed by atoms with E-state index in [4.69, 9.17) is 4.74 Å². The van der Waals surface area contributed by atoms with E-state index < -0.39 is 58.2 Å². The zero-order valence-corrected chi connectivity index (χ0v) is 21.6. The van der Waals surface area contributed by atoms with Crippen LogP contribution >= 0.6 is 0 Å². The van der Waals surface area contributed by atoms with E-state index >= 15 is 0 Å². The van der Waals surface area contributed by atoms with Gasteiger partial charge in [0.2, 0.25) is 5.95 Å². The first-order valence-electron chi connectivity index (χ1n) is 12.8. The van der Waals surface area contributed by atoms with Crippen molar-refractivity contribution < 1.29 is 45.7 Å². The number of nitrogens with zero attached hydrogens (tertiary/aromatic N) is 2. The van der Waals surface area contributed by atoms with Crippen molar-refractivity contribution in [2.75, 3.05) is 6.61 Å². The van der Waals surface area contributed by atoms with Gasteiger partial charge in [-0.3, -0.25) is 4.68 Å². The van der Waals surface area contributed by atoms with Crippen LogP contribution in [-0.4, -0.2) is 44.3 Å². The maximum Gasteiger partial charge on any atom is 0.418 e. The van der Waals surface area contributed by atoms with Crippen molar-refractivity contribution in [1.82, 2.24) is 15.1 Å². The molecule has 2 aromatic carbocycles. The molecule has 2 fully saturated rings. The average Bonchev–Trinajstić information content (AvgIpc) is 3.15. The van der Waals surface area contributed by atoms with Gasteiger partial charge in [-0.05, 0) is 69.4 Å². The van der Waals surface area contributed by atoms with Gasteiger partial charge < -0.3 is 20.3 Å². The summed E-state index contributed by atoms with van der Waals surface area (Å²) in [6, 6.07) is 4.67. The molecule has 0 spiro atoms. The minimum absolute atomic E-state index is 0.0685. The van der Waals surface area contributed by atoms with Gasteiger partial charge >= 0.3 is 12.4 Å². The number of hydrogen-bond acceptors (Lipinski definition) is 5. The number of halogens is 7. The number of piperidine rings is 1. The number of benzene rings is 2. The first kappa shape index (κ1) is 28.6. The van der Waals surface area contributed by atoms with E-state index in [-0.39, 0.29) is 55.0 Å². The number of alkyl halides is 6. The lowest BCUT2D eigenvalue weighted by Gasteiger charge is -2.41. The molecule has 1 saturated heterocycles. The predicted octanol–water partition coefficient (Wildman–Crippen LogP) is 5.71. The van der Waals surface area contributed by atoms with E-state index in [1.54, 1.807) is 6.92 Å². The summed E-state index contributed by atoms with van der Waals surface area (Å²) in [6.07, 6.45) is -9.18. The van der Waals surface area contributed by atoms with E-state index in [9.17, 15) is 40.9 Å². The summed E-state index contributed by atoms with van der Waals surface area (Å²) in [6.45, 7) is 3.02. The fraction of sp³-hybridized carbons (Fsp3) is 0.519. The Hall–Kier alpha value is -2.90. The molecule has 3 atom stereocenters. The van der Waals surface area contributed by atoms with Gasteiger partial charge in [-0.25, -0.2) is 0 Å². The first-order valence-corrected chi connectivity index (χ1v) is 12.8. The van der Waals surface area contributed by atoms with E-state index in [0.717, 1.165) is 28.9 Å². The monoisotopic (exact) mass is 575 g/mol. The Morgan fingerprint density at radius 1 is 1.02 bits per heavy atom. The third kappa shape index (κ3) is 5.51. The van der Waals surface area contributed by atoms with Gasteiger partial charge in [-0.15, -0.1) is 5.10 Å². The number of nitrogens with one attached hydrogen (secondary N) is 1. The van der Waals surface area contributed by atoms with E-state index in [0.29, 0.717) is 0 Å². The second-order valence-corrected chi connectivity index (χ2v) is 11.3. The second-order valence-electron chi connectivity index (χ2n) is 11.3. The van der Waals surface area contributed by atoms with Crippen molar-refractivity contribution in [2.24, 2.45) is 0 Å². The molecule has 6 nitrogen and oxygen atoms in total. The second kappa shape index (κ2) is 9.59. The van der Waals surface area contributed by atoms with Crippen LogP contribution in [-0.2, 0) is 18.0 Å². The molecule has 3 N–H and O–H groups in total. The number of fused-ring (bicyclic) bond motifs is 1.